The number of nitrogens with one attached hydrogen (secondary N) is 1. The molecule has 0 aliphatic carbocycles. The molecule has 88 valence electrons. The molecule has 1 aromatic rings. The first-order valence-corrected chi connectivity index (χ1v) is 6.23. The first-order chi connectivity index (χ1) is 7.84. The fourth-order valence-corrected chi connectivity index (χ4v) is 2.80. The quantitative estimate of drug-likeness (QED) is 0.701. The highest BCUT2D eigenvalue weighted by Crippen LogP contribution is 2.24. The van der Waals surface area contributed by atoms with Crippen LogP contribution in [0.1, 0.15) is 36.8 Å². The number of nitrogens with two attached hydrogens (primary N) is 1. The monoisotopic (exact) mass is 221 g/mol. The molecule has 16 heavy (non-hydrogen) atoms. The summed E-state index contributed by atoms with van der Waals surface area (Å²) in [5, 5.41) is 12.0. The average molecular weight is 221 g/mol. The Kier molecular flexibility index (Phi) is 2.65. The Morgan fingerprint density at radius 3 is 3.06 bits per heavy atom. The second-order valence-electron chi connectivity index (χ2n) is 4.93. The minimum atomic E-state index is 0.260. The summed E-state index contributed by atoms with van der Waals surface area (Å²) in [6, 6.07) is 0.260. The molecule has 5 nitrogen and oxygen atoms in total. The van der Waals surface area contributed by atoms with Gasteiger partial charge in [-0.1, -0.05) is 0 Å². The summed E-state index contributed by atoms with van der Waals surface area (Å²) in [5.41, 5.74) is 5.99. The van der Waals surface area contributed by atoms with E-state index in [0.29, 0.717) is 5.92 Å². The molecule has 5 heteroatoms. The van der Waals surface area contributed by atoms with Gasteiger partial charge in [-0.25, -0.2) is 0 Å². The minimum absolute atomic E-state index is 0.260. The number of aromatic nitrogens is 3. The molecule has 0 saturated carbocycles. The number of fused-ring (bicyclic) bond motifs is 1. The summed E-state index contributed by atoms with van der Waals surface area (Å²) in [5.74, 6) is 2.76. The van der Waals surface area contributed by atoms with Crippen molar-refractivity contribution in [3.05, 3.63) is 11.6 Å². The van der Waals surface area contributed by atoms with E-state index in [1.807, 2.05) is 0 Å². The van der Waals surface area contributed by atoms with Crippen LogP contribution in [-0.2, 0) is 13.0 Å². The molecule has 3 rings (SSSR count). The third kappa shape index (κ3) is 1.74. The van der Waals surface area contributed by atoms with Crippen LogP contribution in [0.3, 0.4) is 0 Å². The molecule has 1 aromatic heterocycles. The highest BCUT2D eigenvalue weighted by atomic mass is 15.3. The molecule has 0 radical (unpaired) electrons. The number of hydrogen-bond donors (Lipinski definition) is 2. The highest BCUT2D eigenvalue weighted by molar-refractivity contribution is 5.07. The topological polar surface area (TPSA) is 68.8 Å². The SMILES string of the molecule is N[C@@H]1CNC[C@H](c2nnc3n2CCCC3)C1. The lowest BCUT2D eigenvalue weighted by molar-refractivity contribution is 0.383. The van der Waals surface area contributed by atoms with E-state index in [-0.39, 0.29) is 6.04 Å². The van der Waals surface area contributed by atoms with E-state index in [0.717, 1.165) is 38.3 Å². The predicted octanol–water partition coefficient (Wildman–Crippen LogP) is 0.0186. The van der Waals surface area contributed by atoms with Crippen LogP contribution < -0.4 is 11.1 Å². The first kappa shape index (κ1) is 10.2. The maximum absolute atomic E-state index is 5.99. The molecule has 0 amide bonds. The third-order valence-electron chi connectivity index (χ3n) is 3.64. The fraction of sp³-hybridized carbons (Fsp3) is 0.818. The van der Waals surface area contributed by atoms with E-state index < -0.39 is 0 Å². The normalized spacial score (nSPS) is 30.1. The van der Waals surface area contributed by atoms with E-state index in [9.17, 15) is 0 Å². The largest absolute Gasteiger partial charge is 0.327 e. The zero-order valence-electron chi connectivity index (χ0n) is 9.52. The second kappa shape index (κ2) is 4.14. The Morgan fingerprint density at radius 1 is 1.25 bits per heavy atom. The molecule has 3 N–H and O–H groups in total. The average Bonchev–Trinajstić information content (AvgIpc) is 2.72. The Hall–Kier alpha value is -0.940. The van der Waals surface area contributed by atoms with Gasteiger partial charge in [0.25, 0.3) is 0 Å². The molecular weight excluding hydrogens is 202 g/mol. The number of piperidine rings is 1. The Labute approximate surface area is 95.4 Å². The Morgan fingerprint density at radius 2 is 2.19 bits per heavy atom. The molecule has 3 heterocycles. The zero-order chi connectivity index (χ0) is 11.0. The van der Waals surface area contributed by atoms with Crippen molar-refractivity contribution >= 4 is 0 Å². The smallest absolute Gasteiger partial charge is 0.137 e. The lowest BCUT2D eigenvalue weighted by atomic mass is 9.95. The minimum Gasteiger partial charge on any atom is -0.327 e. The van der Waals surface area contributed by atoms with Gasteiger partial charge >= 0.3 is 0 Å². The van der Waals surface area contributed by atoms with Crippen LogP contribution in [0.15, 0.2) is 0 Å². The maximum Gasteiger partial charge on any atom is 0.137 e. The van der Waals surface area contributed by atoms with Crippen LogP contribution in [0, 0.1) is 0 Å². The number of rotatable bonds is 1. The molecule has 0 spiro atoms. The van der Waals surface area contributed by atoms with Gasteiger partial charge in [0.15, 0.2) is 0 Å². The summed E-state index contributed by atoms with van der Waals surface area (Å²) < 4.78 is 2.31. The molecule has 2 atom stereocenters. The van der Waals surface area contributed by atoms with Crippen LogP contribution in [0.2, 0.25) is 0 Å². The number of hydrogen-bond acceptors (Lipinski definition) is 4. The maximum atomic E-state index is 5.99. The summed E-state index contributed by atoms with van der Waals surface area (Å²) >= 11 is 0. The molecule has 0 bridgehead atoms. The van der Waals surface area contributed by atoms with E-state index in [2.05, 4.69) is 20.1 Å². The van der Waals surface area contributed by atoms with Gasteiger partial charge in [0.2, 0.25) is 0 Å². The third-order valence-corrected chi connectivity index (χ3v) is 3.64. The standard InChI is InChI=1S/C11H19N5/c12-9-5-8(6-13-7-9)11-15-14-10-3-1-2-4-16(10)11/h8-9,13H,1-7,12H2/t8-,9+/m1/s1. The van der Waals surface area contributed by atoms with E-state index in [1.165, 1.54) is 18.7 Å². The van der Waals surface area contributed by atoms with Gasteiger partial charge in [0.1, 0.15) is 11.6 Å². The van der Waals surface area contributed by atoms with Crippen molar-refractivity contribution in [1.29, 1.82) is 0 Å². The van der Waals surface area contributed by atoms with Gasteiger partial charge in [-0.15, -0.1) is 10.2 Å². The van der Waals surface area contributed by atoms with Crippen molar-refractivity contribution in [2.45, 2.75) is 44.2 Å². The van der Waals surface area contributed by atoms with E-state index in [4.69, 9.17) is 5.73 Å². The molecular formula is C11H19N5. The Bertz CT molecular complexity index is 372. The lowest BCUT2D eigenvalue weighted by Gasteiger charge is -2.28. The van der Waals surface area contributed by atoms with E-state index >= 15 is 0 Å². The molecule has 1 saturated heterocycles. The van der Waals surface area contributed by atoms with Crippen LogP contribution >= 0.6 is 0 Å². The molecule has 0 aromatic carbocycles. The lowest BCUT2D eigenvalue weighted by Crippen LogP contribution is -2.43. The summed E-state index contributed by atoms with van der Waals surface area (Å²) in [7, 11) is 0. The Balaban J connectivity index is 1.85. The summed E-state index contributed by atoms with van der Waals surface area (Å²) in [4.78, 5) is 0. The van der Waals surface area contributed by atoms with Gasteiger partial charge in [-0.2, -0.15) is 0 Å². The van der Waals surface area contributed by atoms with Crippen LogP contribution in [-0.4, -0.2) is 33.9 Å². The van der Waals surface area contributed by atoms with Crippen molar-refractivity contribution in [2.24, 2.45) is 5.73 Å². The molecule has 0 unspecified atom stereocenters. The zero-order valence-corrected chi connectivity index (χ0v) is 9.52. The fourth-order valence-electron chi connectivity index (χ4n) is 2.80. The van der Waals surface area contributed by atoms with Crippen molar-refractivity contribution in [1.82, 2.24) is 20.1 Å². The van der Waals surface area contributed by atoms with Crippen LogP contribution in [0.5, 0.6) is 0 Å². The number of aryl methyl sites for hydroxylation is 1. The predicted molar refractivity (Wildman–Crippen MR) is 61.2 cm³/mol. The van der Waals surface area contributed by atoms with Gasteiger partial charge in [0.05, 0.1) is 0 Å². The highest BCUT2D eigenvalue weighted by Gasteiger charge is 2.26. The molecule has 2 aliphatic heterocycles. The van der Waals surface area contributed by atoms with Crippen molar-refractivity contribution in [2.75, 3.05) is 13.1 Å². The van der Waals surface area contributed by atoms with Crippen LogP contribution in [0.4, 0.5) is 0 Å². The molecule has 1 fully saturated rings. The van der Waals surface area contributed by atoms with Crippen molar-refractivity contribution in [3.8, 4) is 0 Å². The van der Waals surface area contributed by atoms with Crippen molar-refractivity contribution in [3.63, 3.8) is 0 Å². The first-order valence-electron chi connectivity index (χ1n) is 6.23. The van der Waals surface area contributed by atoms with Gasteiger partial charge in [-0.3, -0.25) is 0 Å². The summed E-state index contributed by atoms with van der Waals surface area (Å²) in [6.07, 6.45) is 4.62. The number of nitrogens with zero attached hydrogens (tertiary/aromatic N) is 3. The van der Waals surface area contributed by atoms with Gasteiger partial charge in [0, 0.05) is 38.0 Å². The van der Waals surface area contributed by atoms with E-state index in [1.54, 1.807) is 0 Å². The summed E-state index contributed by atoms with van der Waals surface area (Å²) in [6.45, 7) is 3.01. The van der Waals surface area contributed by atoms with Gasteiger partial charge < -0.3 is 15.6 Å². The van der Waals surface area contributed by atoms with Crippen LogP contribution in [0.25, 0.3) is 0 Å². The van der Waals surface area contributed by atoms with Crippen molar-refractivity contribution < 1.29 is 0 Å². The second-order valence-corrected chi connectivity index (χ2v) is 4.93. The molecule has 2 aliphatic rings. The van der Waals surface area contributed by atoms with Gasteiger partial charge in [-0.05, 0) is 19.3 Å².